The SMILES string of the molecule is CC(C)c1ccc(C(CCCN)N2CCCC2)cc1. The predicted molar refractivity (Wildman–Crippen MR) is 82.4 cm³/mol. The van der Waals surface area contributed by atoms with E-state index >= 15 is 0 Å². The lowest BCUT2D eigenvalue weighted by molar-refractivity contribution is 0.231. The van der Waals surface area contributed by atoms with Crippen LogP contribution in [-0.4, -0.2) is 24.5 Å². The lowest BCUT2D eigenvalue weighted by Gasteiger charge is -2.28. The third-order valence-electron chi connectivity index (χ3n) is 4.25. The quantitative estimate of drug-likeness (QED) is 0.845. The van der Waals surface area contributed by atoms with Crippen molar-refractivity contribution in [3.8, 4) is 0 Å². The molecule has 0 aliphatic carbocycles. The fraction of sp³-hybridized carbons (Fsp3) is 0.647. The number of nitrogens with two attached hydrogens (primary N) is 1. The van der Waals surface area contributed by atoms with Gasteiger partial charge in [-0.1, -0.05) is 38.1 Å². The Labute approximate surface area is 118 Å². The lowest BCUT2D eigenvalue weighted by atomic mass is 9.96. The zero-order chi connectivity index (χ0) is 13.7. The van der Waals surface area contributed by atoms with E-state index in [0.717, 1.165) is 13.0 Å². The van der Waals surface area contributed by atoms with Gasteiger partial charge >= 0.3 is 0 Å². The van der Waals surface area contributed by atoms with Crippen LogP contribution in [0, 0.1) is 0 Å². The first kappa shape index (κ1) is 14.5. The molecule has 2 nitrogen and oxygen atoms in total. The number of hydrogen-bond donors (Lipinski definition) is 1. The number of likely N-dealkylation sites (tertiary alicyclic amines) is 1. The Bertz CT molecular complexity index is 363. The minimum Gasteiger partial charge on any atom is -0.330 e. The predicted octanol–water partition coefficient (Wildman–Crippen LogP) is 3.69. The van der Waals surface area contributed by atoms with Crippen LogP contribution < -0.4 is 5.73 Å². The number of nitrogens with zero attached hydrogens (tertiary/aromatic N) is 1. The van der Waals surface area contributed by atoms with Crippen molar-refractivity contribution in [3.63, 3.8) is 0 Å². The van der Waals surface area contributed by atoms with Gasteiger partial charge in [-0.25, -0.2) is 0 Å². The maximum atomic E-state index is 5.70. The fourth-order valence-corrected chi connectivity index (χ4v) is 3.03. The van der Waals surface area contributed by atoms with Gasteiger partial charge in [-0.3, -0.25) is 4.90 Å². The highest BCUT2D eigenvalue weighted by Gasteiger charge is 2.22. The van der Waals surface area contributed by atoms with E-state index in [-0.39, 0.29) is 0 Å². The molecule has 0 aromatic heterocycles. The minimum atomic E-state index is 0.576. The average Bonchev–Trinajstić information content (AvgIpc) is 2.94. The molecular formula is C17H28N2. The molecule has 1 aliphatic rings. The van der Waals surface area contributed by atoms with Crippen LogP contribution in [0.15, 0.2) is 24.3 Å². The molecule has 0 amide bonds. The van der Waals surface area contributed by atoms with E-state index in [1.165, 1.54) is 43.5 Å². The van der Waals surface area contributed by atoms with Gasteiger partial charge in [0.2, 0.25) is 0 Å². The van der Waals surface area contributed by atoms with Crippen molar-refractivity contribution in [2.75, 3.05) is 19.6 Å². The number of rotatable bonds is 6. The Morgan fingerprint density at radius 3 is 2.16 bits per heavy atom. The second-order valence-corrected chi connectivity index (χ2v) is 6.01. The molecule has 2 N–H and O–H groups in total. The molecule has 1 saturated heterocycles. The normalized spacial score (nSPS) is 18.1. The molecule has 2 rings (SSSR count). The standard InChI is InChI=1S/C17H28N2/c1-14(2)15-7-9-16(10-8-15)17(6-5-11-18)19-12-3-4-13-19/h7-10,14,17H,3-6,11-13,18H2,1-2H3. The molecule has 1 aliphatic heterocycles. The molecule has 1 heterocycles. The third kappa shape index (κ3) is 3.80. The van der Waals surface area contributed by atoms with Crippen LogP contribution in [0.2, 0.25) is 0 Å². The summed E-state index contributed by atoms with van der Waals surface area (Å²) in [4.78, 5) is 2.64. The molecule has 1 aromatic rings. The Kier molecular flexibility index (Phi) is 5.41. The summed E-state index contributed by atoms with van der Waals surface area (Å²) in [6.07, 6.45) is 5.01. The fourth-order valence-electron chi connectivity index (χ4n) is 3.03. The number of hydrogen-bond acceptors (Lipinski definition) is 2. The van der Waals surface area contributed by atoms with E-state index in [2.05, 4.69) is 43.0 Å². The van der Waals surface area contributed by atoms with Crippen LogP contribution in [-0.2, 0) is 0 Å². The molecule has 0 radical (unpaired) electrons. The van der Waals surface area contributed by atoms with Crippen molar-refractivity contribution in [2.45, 2.75) is 51.5 Å². The van der Waals surface area contributed by atoms with Gasteiger partial charge in [0.25, 0.3) is 0 Å². The molecule has 1 unspecified atom stereocenters. The van der Waals surface area contributed by atoms with Crippen LogP contribution in [0.25, 0.3) is 0 Å². The summed E-state index contributed by atoms with van der Waals surface area (Å²) in [6, 6.07) is 9.83. The summed E-state index contributed by atoms with van der Waals surface area (Å²) < 4.78 is 0. The minimum absolute atomic E-state index is 0.576. The molecular weight excluding hydrogens is 232 g/mol. The Morgan fingerprint density at radius 1 is 1.05 bits per heavy atom. The highest BCUT2D eigenvalue weighted by Crippen LogP contribution is 2.30. The van der Waals surface area contributed by atoms with Gasteiger partial charge in [0.05, 0.1) is 0 Å². The summed E-state index contributed by atoms with van der Waals surface area (Å²) >= 11 is 0. The van der Waals surface area contributed by atoms with E-state index < -0.39 is 0 Å². The summed E-state index contributed by atoms with van der Waals surface area (Å²) in [5.74, 6) is 0.614. The van der Waals surface area contributed by atoms with Crippen molar-refractivity contribution in [1.82, 2.24) is 4.90 Å². The van der Waals surface area contributed by atoms with E-state index in [4.69, 9.17) is 5.73 Å². The topological polar surface area (TPSA) is 29.3 Å². The Morgan fingerprint density at radius 2 is 1.63 bits per heavy atom. The zero-order valence-electron chi connectivity index (χ0n) is 12.4. The summed E-state index contributed by atoms with van der Waals surface area (Å²) in [6.45, 7) is 7.81. The van der Waals surface area contributed by atoms with Crippen LogP contribution in [0.4, 0.5) is 0 Å². The van der Waals surface area contributed by atoms with Gasteiger partial charge in [-0.2, -0.15) is 0 Å². The smallest absolute Gasteiger partial charge is 0.0348 e. The maximum Gasteiger partial charge on any atom is 0.0348 e. The van der Waals surface area contributed by atoms with Gasteiger partial charge in [0.1, 0.15) is 0 Å². The molecule has 1 fully saturated rings. The lowest BCUT2D eigenvalue weighted by Crippen LogP contribution is -2.26. The van der Waals surface area contributed by atoms with E-state index in [1.54, 1.807) is 0 Å². The molecule has 106 valence electrons. The van der Waals surface area contributed by atoms with Crippen molar-refractivity contribution < 1.29 is 0 Å². The highest BCUT2D eigenvalue weighted by atomic mass is 15.2. The molecule has 0 bridgehead atoms. The van der Waals surface area contributed by atoms with E-state index in [0.29, 0.717) is 12.0 Å². The largest absolute Gasteiger partial charge is 0.330 e. The first-order valence-corrected chi connectivity index (χ1v) is 7.76. The van der Waals surface area contributed by atoms with E-state index in [1.807, 2.05) is 0 Å². The third-order valence-corrected chi connectivity index (χ3v) is 4.25. The zero-order valence-corrected chi connectivity index (χ0v) is 12.4. The Balaban J connectivity index is 2.11. The summed E-state index contributed by atoms with van der Waals surface area (Å²) in [5, 5.41) is 0. The second kappa shape index (κ2) is 7.06. The Hall–Kier alpha value is -0.860. The van der Waals surface area contributed by atoms with Crippen molar-refractivity contribution in [2.24, 2.45) is 5.73 Å². The first-order chi connectivity index (χ1) is 9.22. The van der Waals surface area contributed by atoms with Crippen molar-refractivity contribution in [1.29, 1.82) is 0 Å². The molecule has 2 heteroatoms. The first-order valence-electron chi connectivity index (χ1n) is 7.76. The van der Waals surface area contributed by atoms with Crippen molar-refractivity contribution in [3.05, 3.63) is 35.4 Å². The van der Waals surface area contributed by atoms with E-state index in [9.17, 15) is 0 Å². The van der Waals surface area contributed by atoms with Crippen LogP contribution in [0.3, 0.4) is 0 Å². The molecule has 0 saturated carbocycles. The summed E-state index contributed by atoms with van der Waals surface area (Å²) in [5.41, 5.74) is 8.60. The average molecular weight is 260 g/mol. The van der Waals surface area contributed by atoms with Crippen LogP contribution in [0.1, 0.15) is 62.6 Å². The number of benzene rings is 1. The van der Waals surface area contributed by atoms with Gasteiger partial charge in [0, 0.05) is 6.04 Å². The van der Waals surface area contributed by atoms with Gasteiger partial charge in [0.15, 0.2) is 0 Å². The van der Waals surface area contributed by atoms with Crippen LogP contribution in [0.5, 0.6) is 0 Å². The highest BCUT2D eigenvalue weighted by molar-refractivity contribution is 5.27. The maximum absolute atomic E-state index is 5.70. The molecule has 1 aromatic carbocycles. The van der Waals surface area contributed by atoms with Gasteiger partial charge in [-0.05, 0) is 62.4 Å². The molecule has 19 heavy (non-hydrogen) atoms. The monoisotopic (exact) mass is 260 g/mol. The molecule has 0 spiro atoms. The molecule has 1 atom stereocenters. The second-order valence-electron chi connectivity index (χ2n) is 6.01. The van der Waals surface area contributed by atoms with Gasteiger partial charge in [-0.15, -0.1) is 0 Å². The van der Waals surface area contributed by atoms with Crippen molar-refractivity contribution >= 4 is 0 Å². The van der Waals surface area contributed by atoms with Gasteiger partial charge < -0.3 is 5.73 Å². The van der Waals surface area contributed by atoms with Crippen LogP contribution >= 0.6 is 0 Å². The summed E-state index contributed by atoms with van der Waals surface area (Å²) in [7, 11) is 0.